The summed E-state index contributed by atoms with van der Waals surface area (Å²) in [5.41, 5.74) is 4.17. The van der Waals surface area contributed by atoms with Crippen LogP contribution in [0.1, 0.15) is 35.9 Å². The molecule has 0 spiro atoms. The minimum absolute atomic E-state index is 0.151. The van der Waals surface area contributed by atoms with E-state index < -0.39 is 0 Å². The topological polar surface area (TPSA) is 56.2 Å². The highest BCUT2D eigenvalue weighted by molar-refractivity contribution is 6.01. The van der Waals surface area contributed by atoms with E-state index in [0.717, 1.165) is 49.8 Å². The number of carbonyl (C=O) groups is 1. The van der Waals surface area contributed by atoms with Gasteiger partial charge in [0.2, 0.25) is 0 Å². The van der Waals surface area contributed by atoms with Gasteiger partial charge in [-0.3, -0.25) is 4.79 Å². The van der Waals surface area contributed by atoms with Gasteiger partial charge in [0, 0.05) is 17.7 Å². The number of amides is 1. The summed E-state index contributed by atoms with van der Waals surface area (Å²) < 4.78 is 7.42. The molecule has 1 unspecified atom stereocenters. The van der Waals surface area contributed by atoms with E-state index in [-0.39, 0.29) is 11.9 Å². The number of hydrogen-bond donors (Lipinski definition) is 1. The maximum absolute atomic E-state index is 14.1. The van der Waals surface area contributed by atoms with Crippen molar-refractivity contribution in [3.8, 4) is 28.4 Å². The number of carbonyl (C=O) groups excluding carboxylic acids is 1. The molecule has 1 N–H and O–H groups in total. The summed E-state index contributed by atoms with van der Waals surface area (Å²) in [6.07, 6.45) is 0. The first-order chi connectivity index (χ1) is 19.6. The van der Waals surface area contributed by atoms with Crippen molar-refractivity contribution in [1.29, 1.82) is 0 Å². The van der Waals surface area contributed by atoms with Crippen LogP contribution in [0.3, 0.4) is 0 Å². The lowest BCUT2D eigenvalue weighted by Crippen LogP contribution is -2.29. The Morgan fingerprint density at radius 3 is 2.35 bits per heavy atom. The number of fused-ring (bicyclic) bond motifs is 2. The molecule has 0 bridgehead atoms. The minimum Gasteiger partial charge on any atom is -0.497 e. The van der Waals surface area contributed by atoms with Crippen molar-refractivity contribution < 1.29 is 9.53 Å². The number of benzene rings is 5. The van der Waals surface area contributed by atoms with E-state index in [1.54, 1.807) is 7.11 Å². The largest absolute Gasteiger partial charge is 0.497 e. The predicted octanol–water partition coefficient (Wildman–Crippen LogP) is 8.04. The van der Waals surface area contributed by atoms with Crippen molar-refractivity contribution in [3.05, 3.63) is 120 Å². The van der Waals surface area contributed by atoms with Gasteiger partial charge in [0.05, 0.1) is 13.2 Å². The second-order valence-corrected chi connectivity index (χ2v) is 9.93. The van der Waals surface area contributed by atoms with Crippen molar-refractivity contribution >= 4 is 27.5 Å². The van der Waals surface area contributed by atoms with Crippen LogP contribution in [0.25, 0.3) is 44.2 Å². The van der Waals surface area contributed by atoms with Crippen LogP contribution < -0.4 is 10.1 Å². The fourth-order valence-electron chi connectivity index (χ4n) is 5.47. The maximum atomic E-state index is 14.1. The average molecular weight is 526 g/mol. The molecule has 0 aliphatic heterocycles. The summed E-state index contributed by atoms with van der Waals surface area (Å²) in [7, 11) is 1.67. The number of ether oxygens (including phenoxy) is 1. The van der Waals surface area contributed by atoms with E-state index in [2.05, 4.69) is 48.6 Å². The first-order valence-electron chi connectivity index (χ1n) is 13.6. The zero-order valence-electron chi connectivity index (χ0n) is 22.9. The van der Waals surface area contributed by atoms with Crippen molar-refractivity contribution in [2.75, 3.05) is 7.11 Å². The van der Waals surface area contributed by atoms with Gasteiger partial charge in [-0.1, -0.05) is 91.0 Å². The van der Waals surface area contributed by atoms with Gasteiger partial charge in [-0.05, 0) is 59.2 Å². The van der Waals surface area contributed by atoms with Crippen LogP contribution in [-0.2, 0) is 6.54 Å². The fourth-order valence-corrected chi connectivity index (χ4v) is 5.47. The summed E-state index contributed by atoms with van der Waals surface area (Å²) in [4.78, 5) is 19.2. The minimum atomic E-state index is -0.198. The third-order valence-corrected chi connectivity index (χ3v) is 7.49. The lowest BCUT2D eigenvalue weighted by atomic mass is 9.99. The van der Waals surface area contributed by atoms with Crippen LogP contribution in [0, 0.1) is 0 Å². The number of hydrogen-bond acceptors (Lipinski definition) is 3. The number of imidazole rings is 1. The summed E-state index contributed by atoms with van der Waals surface area (Å²) >= 11 is 0. The molecule has 0 fully saturated rings. The third-order valence-electron chi connectivity index (χ3n) is 7.49. The Morgan fingerprint density at radius 1 is 0.825 bits per heavy atom. The smallest absolute Gasteiger partial charge is 0.270 e. The lowest BCUT2D eigenvalue weighted by Gasteiger charge is -2.18. The molecule has 5 aromatic carbocycles. The zero-order valence-corrected chi connectivity index (χ0v) is 22.9. The van der Waals surface area contributed by atoms with Gasteiger partial charge in [-0.15, -0.1) is 0 Å². The van der Waals surface area contributed by atoms with Crippen LogP contribution in [0.4, 0.5) is 0 Å². The molecule has 0 radical (unpaired) electrons. The van der Waals surface area contributed by atoms with Crippen molar-refractivity contribution in [2.24, 2.45) is 0 Å². The lowest BCUT2D eigenvalue weighted by molar-refractivity contribution is 0.0931. The molecule has 0 saturated heterocycles. The maximum Gasteiger partial charge on any atom is 0.270 e. The molecule has 6 aromatic rings. The molecule has 1 heterocycles. The molecule has 198 valence electrons. The highest BCUT2D eigenvalue weighted by Gasteiger charge is 2.26. The second-order valence-electron chi connectivity index (χ2n) is 9.93. The van der Waals surface area contributed by atoms with E-state index >= 15 is 0 Å². The summed E-state index contributed by atoms with van der Waals surface area (Å²) in [5, 5.41) is 7.70. The first kappa shape index (κ1) is 25.4. The average Bonchev–Trinajstić information content (AvgIpc) is 3.40. The molecular formula is C35H31N3O2. The summed E-state index contributed by atoms with van der Waals surface area (Å²) in [6.45, 7) is 4.69. The Hall–Kier alpha value is -4.90. The first-order valence-corrected chi connectivity index (χ1v) is 13.6. The Kier molecular flexibility index (Phi) is 6.79. The van der Waals surface area contributed by atoms with Gasteiger partial charge in [0.15, 0.2) is 0 Å². The molecule has 5 heteroatoms. The molecule has 0 aliphatic carbocycles. The van der Waals surface area contributed by atoms with E-state index in [0.29, 0.717) is 17.9 Å². The van der Waals surface area contributed by atoms with E-state index in [9.17, 15) is 4.79 Å². The van der Waals surface area contributed by atoms with Gasteiger partial charge < -0.3 is 14.6 Å². The SMILES string of the molecule is CCn1c(-c2ccccc2)nc(-c2ccc3cc(OC)ccc3c2)c1C(=O)NC(C)c1cccc2ccccc12. The number of aromatic nitrogens is 2. The number of rotatable bonds is 7. The van der Waals surface area contributed by atoms with Gasteiger partial charge in [-0.2, -0.15) is 0 Å². The second kappa shape index (κ2) is 10.7. The zero-order chi connectivity index (χ0) is 27.6. The molecule has 1 atom stereocenters. The summed E-state index contributed by atoms with van der Waals surface area (Å²) in [6, 6.07) is 36.5. The number of nitrogens with one attached hydrogen (secondary N) is 1. The monoisotopic (exact) mass is 525 g/mol. The summed E-state index contributed by atoms with van der Waals surface area (Å²) in [5.74, 6) is 1.43. The highest BCUT2D eigenvalue weighted by atomic mass is 16.5. The number of nitrogens with zero attached hydrogens (tertiary/aromatic N) is 2. The van der Waals surface area contributed by atoms with Crippen molar-refractivity contribution in [1.82, 2.24) is 14.9 Å². The van der Waals surface area contributed by atoms with E-state index in [1.165, 1.54) is 0 Å². The Bertz CT molecular complexity index is 1830. The van der Waals surface area contributed by atoms with Crippen LogP contribution in [0.2, 0.25) is 0 Å². The number of methoxy groups -OCH3 is 1. The van der Waals surface area contributed by atoms with Gasteiger partial charge in [-0.25, -0.2) is 4.98 Å². The van der Waals surface area contributed by atoms with Gasteiger partial charge in [0.1, 0.15) is 23.0 Å². The van der Waals surface area contributed by atoms with Crippen LogP contribution >= 0.6 is 0 Å². The molecule has 6 rings (SSSR count). The third kappa shape index (κ3) is 4.60. The Balaban J connectivity index is 1.47. The fraction of sp³-hybridized carbons (Fsp3) is 0.143. The van der Waals surface area contributed by atoms with E-state index in [1.807, 2.05) is 84.3 Å². The molecule has 0 saturated carbocycles. The normalized spacial score (nSPS) is 12.0. The van der Waals surface area contributed by atoms with Gasteiger partial charge in [0.25, 0.3) is 5.91 Å². The molecular weight excluding hydrogens is 494 g/mol. The van der Waals surface area contributed by atoms with Gasteiger partial charge >= 0.3 is 0 Å². The molecule has 1 amide bonds. The van der Waals surface area contributed by atoms with Crippen LogP contribution in [-0.4, -0.2) is 22.6 Å². The van der Waals surface area contributed by atoms with E-state index in [4.69, 9.17) is 9.72 Å². The highest BCUT2D eigenvalue weighted by Crippen LogP contribution is 2.33. The Morgan fingerprint density at radius 2 is 1.55 bits per heavy atom. The van der Waals surface area contributed by atoms with Crippen LogP contribution in [0.15, 0.2) is 109 Å². The standard InChI is InChI=1S/C35H31N3O2/c1-4-38-33(35(39)36-23(2)30-16-10-14-24-11-8-9-15-31(24)30)32(37-34(38)25-12-6-5-7-13-25)28-18-17-27-22-29(40-3)20-19-26(27)21-28/h5-23H,4H2,1-3H3,(H,36,39). The van der Waals surface area contributed by atoms with Crippen molar-refractivity contribution in [3.63, 3.8) is 0 Å². The Labute approximate surface area is 234 Å². The molecule has 0 aliphatic rings. The molecule has 40 heavy (non-hydrogen) atoms. The molecule has 1 aromatic heterocycles. The van der Waals surface area contributed by atoms with Crippen molar-refractivity contribution in [2.45, 2.75) is 26.4 Å². The predicted molar refractivity (Wildman–Crippen MR) is 163 cm³/mol. The van der Waals surface area contributed by atoms with Crippen LogP contribution in [0.5, 0.6) is 5.75 Å². The molecule has 5 nitrogen and oxygen atoms in total. The quantitative estimate of drug-likeness (QED) is 0.229.